The first-order chi connectivity index (χ1) is 8.69. The fraction of sp³-hybridized carbons (Fsp3) is 0. The topological polar surface area (TPSA) is 78.7 Å². The predicted molar refractivity (Wildman–Crippen MR) is 66.2 cm³/mol. The van der Waals surface area contributed by atoms with Gasteiger partial charge in [-0.2, -0.15) is 5.26 Å². The Morgan fingerprint density at radius 1 is 1.28 bits per heavy atom. The van der Waals surface area contributed by atoms with E-state index in [-0.39, 0.29) is 10.8 Å². The van der Waals surface area contributed by atoms with E-state index in [0.29, 0.717) is 11.3 Å². The van der Waals surface area contributed by atoms with Crippen molar-refractivity contribution in [2.45, 2.75) is 0 Å². The summed E-state index contributed by atoms with van der Waals surface area (Å²) >= 11 is 5.64. The fourth-order valence-electron chi connectivity index (χ4n) is 1.27. The summed E-state index contributed by atoms with van der Waals surface area (Å²) in [4.78, 5) is 19.4. The van der Waals surface area contributed by atoms with Crippen molar-refractivity contribution in [3.8, 4) is 6.07 Å². The van der Waals surface area contributed by atoms with E-state index >= 15 is 0 Å². The summed E-state index contributed by atoms with van der Waals surface area (Å²) in [5.41, 5.74) is 1.23. The minimum atomic E-state index is -0.408. The highest BCUT2D eigenvalue weighted by molar-refractivity contribution is 6.29. The normalized spacial score (nSPS) is 9.56. The zero-order chi connectivity index (χ0) is 13.0. The Kier molecular flexibility index (Phi) is 3.51. The van der Waals surface area contributed by atoms with Crippen LogP contribution in [0.25, 0.3) is 0 Å². The van der Waals surface area contributed by atoms with Gasteiger partial charge in [-0.1, -0.05) is 11.6 Å². The number of carbonyl (C=O) groups is 1. The van der Waals surface area contributed by atoms with E-state index in [1.807, 2.05) is 6.07 Å². The van der Waals surface area contributed by atoms with Crippen molar-refractivity contribution in [2.75, 3.05) is 5.32 Å². The molecule has 1 heterocycles. The number of rotatable bonds is 2. The van der Waals surface area contributed by atoms with Gasteiger partial charge >= 0.3 is 0 Å². The molecule has 1 aromatic heterocycles. The summed E-state index contributed by atoms with van der Waals surface area (Å²) in [5.74, 6) is -0.408. The van der Waals surface area contributed by atoms with Crippen molar-refractivity contribution in [3.05, 3.63) is 53.1 Å². The second-order valence-corrected chi connectivity index (χ2v) is 3.76. The Bertz CT molecular complexity index is 619. The fourth-order valence-corrected chi connectivity index (χ4v) is 1.42. The molecule has 0 fully saturated rings. The van der Waals surface area contributed by atoms with Gasteiger partial charge in [-0.25, -0.2) is 4.98 Å². The van der Waals surface area contributed by atoms with Crippen molar-refractivity contribution in [2.24, 2.45) is 0 Å². The molecule has 6 heteroatoms. The van der Waals surface area contributed by atoms with Crippen LogP contribution in [0.4, 0.5) is 5.69 Å². The van der Waals surface area contributed by atoms with Crippen LogP contribution in [0.5, 0.6) is 0 Å². The molecule has 0 aliphatic heterocycles. The number of nitrogens with zero attached hydrogens (tertiary/aromatic N) is 3. The van der Waals surface area contributed by atoms with Crippen molar-refractivity contribution >= 4 is 23.2 Å². The van der Waals surface area contributed by atoms with Crippen LogP contribution in [0.3, 0.4) is 0 Å². The predicted octanol–water partition coefficient (Wildman–Crippen LogP) is 2.25. The second kappa shape index (κ2) is 5.25. The van der Waals surface area contributed by atoms with Crippen LogP contribution in [-0.2, 0) is 0 Å². The first-order valence-electron chi connectivity index (χ1n) is 4.98. The molecule has 88 valence electrons. The Morgan fingerprint density at radius 3 is 2.61 bits per heavy atom. The average Bonchev–Trinajstić information content (AvgIpc) is 2.39. The number of halogens is 1. The lowest BCUT2D eigenvalue weighted by molar-refractivity contribution is 0.102. The highest BCUT2D eigenvalue weighted by Crippen LogP contribution is 2.10. The van der Waals surface area contributed by atoms with Gasteiger partial charge in [0.2, 0.25) is 0 Å². The smallest absolute Gasteiger partial charge is 0.275 e. The number of carbonyl (C=O) groups excluding carboxylic acids is 1. The van der Waals surface area contributed by atoms with Crippen LogP contribution in [0.15, 0.2) is 36.7 Å². The lowest BCUT2D eigenvalue weighted by Gasteiger charge is -2.04. The van der Waals surface area contributed by atoms with Crippen molar-refractivity contribution in [3.63, 3.8) is 0 Å². The Hall–Kier alpha value is -2.45. The average molecular weight is 259 g/mol. The van der Waals surface area contributed by atoms with E-state index in [1.54, 1.807) is 24.3 Å². The first-order valence-corrected chi connectivity index (χ1v) is 5.36. The molecule has 18 heavy (non-hydrogen) atoms. The van der Waals surface area contributed by atoms with Gasteiger partial charge in [0, 0.05) is 5.69 Å². The molecule has 2 aromatic rings. The van der Waals surface area contributed by atoms with Gasteiger partial charge in [0.15, 0.2) is 0 Å². The number of benzene rings is 1. The van der Waals surface area contributed by atoms with E-state index in [9.17, 15) is 4.79 Å². The standard InChI is InChI=1S/C12H7ClN4O/c13-11-7-15-6-10(17-11)12(18)16-9-3-1-8(5-14)2-4-9/h1-4,6-7H,(H,16,18). The number of nitriles is 1. The third-order valence-corrected chi connectivity index (χ3v) is 2.29. The summed E-state index contributed by atoms with van der Waals surface area (Å²) in [7, 11) is 0. The quantitative estimate of drug-likeness (QED) is 0.896. The second-order valence-electron chi connectivity index (χ2n) is 3.37. The zero-order valence-electron chi connectivity index (χ0n) is 9.09. The Labute approximate surface area is 108 Å². The molecule has 1 aromatic carbocycles. The van der Waals surface area contributed by atoms with Gasteiger partial charge in [0.1, 0.15) is 10.8 Å². The molecular weight excluding hydrogens is 252 g/mol. The lowest BCUT2D eigenvalue weighted by atomic mass is 10.2. The Morgan fingerprint density at radius 2 is 2.00 bits per heavy atom. The van der Waals surface area contributed by atoms with Crippen LogP contribution in [0.1, 0.15) is 16.1 Å². The van der Waals surface area contributed by atoms with Gasteiger partial charge < -0.3 is 5.32 Å². The molecule has 1 amide bonds. The molecule has 0 aliphatic carbocycles. The zero-order valence-corrected chi connectivity index (χ0v) is 9.85. The van der Waals surface area contributed by atoms with Crippen LogP contribution >= 0.6 is 11.6 Å². The molecule has 0 atom stereocenters. The maximum Gasteiger partial charge on any atom is 0.275 e. The van der Waals surface area contributed by atoms with Crippen molar-refractivity contribution in [1.29, 1.82) is 5.26 Å². The Balaban J connectivity index is 2.14. The molecule has 0 radical (unpaired) electrons. The van der Waals surface area contributed by atoms with Gasteiger partial charge in [-0.05, 0) is 24.3 Å². The van der Waals surface area contributed by atoms with Crippen LogP contribution in [0.2, 0.25) is 5.15 Å². The first kappa shape index (κ1) is 12.0. The van der Waals surface area contributed by atoms with E-state index < -0.39 is 5.91 Å². The number of aromatic nitrogens is 2. The number of hydrogen-bond acceptors (Lipinski definition) is 4. The third-order valence-electron chi connectivity index (χ3n) is 2.11. The van der Waals surface area contributed by atoms with Gasteiger partial charge in [0.25, 0.3) is 5.91 Å². The van der Waals surface area contributed by atoms with Crippen molar-refractivity contribution in [1.82, 2.24) is 9.97 Å². The van der Waals surface area contributed by atoms with Crippen molar-refractivity contribution < 1.29 is 4.79 Å². The molecule has 1 N–H and O–H groups in total. The van der Waals surface area contributed by atoms with Crippen LogP contribution in [0, 0.1) is 11.3 Å². The molecule has 0 spiro atoms. The summed E-state index contributed by atoms with van der Waals surface area (Å²) < 4.78 is 0. The maximum absolute atomic E-state index is 11.8. The summed E-state index contributed by atoms with van der Waals surface area (Å²) in [6, 6.07) is 8.48. The number of nitrogens with one attached hydrogen (secondary N) is 1. The van der Waals surface area contributed by atoms with E-state index in [4.69, 9.17) is 16.9 Å². The molecule has 0 unspecified atom stereocenters. The minimum absolute atomic E-state index is 0.131. The summed E-state index contributed by atoms with van der Waals surface area (Å²) in [6.45, 7) is 0. The third kappa shape index (κ3) is 2.81. The van der Waals surface area contributed by atoms with Gasteiger partial charge in [-0.3, -0.25) is 9.78 Å². The molecule has 5 nitrogen and oxygen atoms in total. The van der Waals surface area contributed by atoms with E-state index in [2.05, 4.69) is 15.3 Å². The molecular formula is C12H7ClN4O. The van der Waals surface area contributed by atoms with Crippen LogP contribution in [-0.4, -0.2) is 15.9 Å². The molecule has 0 bridgehead atoms. The highest BCUT2D eigenvalue weighted by atomic mass is 35.5. The lowest BCUT2D eigenvalue weighted by Crippen LogP contribution is -2.14. The van der Waals surface area contributed by atoms with E-state index in [1.165, 1.54) is 12.4 Å². The monoisotopic (exact) mass is 258 g/mol. The SMILES string of the molecule is N#Cc1ccc(NC(=O)c2cncc(Cl)n2)cc1. The number of anilines is 1. The molecule has 0 aliphatic rings. The summed E-state index contributed by atoms with van der Waals surface area (Å²) in [6.07, 6.45) is 2.67. The maximum atomic E-state index is 11.8. The number of hydrogen-bond donors (Lipinski definition) is 1. The van der Waals surface area contributed by atoms with E-state index in [0.717, 1.165) is 0 Å². The van der Waals surface area contributed by atoms with Gasteiger partial charge in [-0.15, -0.1) is 0 Å². The molecule has 2 rings (SSSR count). The molecule has 0 saturated heterocycles. The highest BCUT2D eigenvalue weighted by Gasteiger charge is 2.08. The largest absolute Gasteiger partial charge is 0.321 e. The minimum Gasteiger partial charge on any atom is -0.321 e. The molecule has 0 saturated carbocycles. The van der Waals surface area contributed by atoms with Crippen LogP contribution < -0.4 is 5.32 Å². The van der Waals surface area contributed by atoms with Gasteiger partial charge in [0.05, 0.1) is 24.0 Å². The summed E-state index contributed by atoms with van der Waals surface area (Å²) in [5, 5.41) is 11.4. The number of amides is 1.